The van der Waals surface area contributed by atoms with Gasteiger partial charge in [-0.15, -0.1) is 0 Å². The lowest BCUT2D eigenvalue weighted by atomic mass is 9.89. The van der Waals surface area contributed by atoms with Crippen molar-refractivity contribution in [3.8, 4) is 5.88 Å². The molecule has 6 nitrogen and oxygen atoms in total. The predicted octanol–water partition coefficient (Wildman–Crippen LogP) is 2.42. The van der Waals surface area contributed by atoms with Gasteiger partial charge in [0.15, 0.2) is 0 Å². The summed E-state index contributed by atoms with van der Waals surface area (Å²) in [7, 11) is 0. The second kappa shape index (κ2) is 7.34. The third-order valence-electron chi connectivity index (χ3n) is 4.43. The van der Waals surface area contributed by atoms with E-state index in [0.717, 1.165) is 5.56 Å². The van der Waals surface area contributed by atoms with Gasteiger partial charge in [0.25, 0.3) is 5.91 Å². The van der Waals surface area contributed by atoms with E-state index in [9.17, 15) is 14.7 Å². The predicted molar refractivity (Wildman–Crippen MR) is 91.6 cm³/mol. The van der Waals surface area contributed by atoms with Crippen molar-refractivity contribution < 1.29 is 19.4 Å². The zero-order valence-corrected chi connectivity index (χ0v) is 14.0. The minimum atomic E-state index is -0.889. The SMILES string of the molecule is CCOc1ncccc1C(=O)N1CC(C(=O)O)C(c2ccccc2)C1. The van der Waals surface area contributed by atoms with Gasteiger partial charge in [0.2, 0.25) is 5.88 Å². The highest BCUT2D eigenvalue weighted by molar-refractivity contribution is 5.97. The Morgan fingerprint density at radius 2 is 1.96 bits per heavy atom. The van der Waals surface area contributed by atoms with Crippen LogP contribution in [0.15, 0.2) is 48.7 Å². The number of pyridine rings is 1. The normalized spacial score (nSPS) is 19.6. The molecule has 0 aliphatic carbocycles. The average Bonchev–Trinajstić information content (AvgIpc) is 3.08. The lowest BCUT2D eigenvalue weighted by Crippen LogP contribution is -2.30. The first-order valence-electron chi connectivity index (χ1n) is 8.26. The van der Waals surface area contributed by atoms with Crippen molar-refractivity contribution in [2.24, 2.45) is 5.92 Å². The van der Waals surface area contributed by atoms with Crippen LogP contribution in [0.2, 0.25) is 0 Å². The highest BCUT2D eigenvalue weighted by Gasteiger charge is 2.41. The molecule has 2 unspecified atom stereocenters. The van der Waals surface area contributed by atoms with Crippen LogP contribution in [0.1, 0.15) is 28.8 Å². The number of rotatable bonds is 5. The second-order valence-corrected chi connectivity index (χ2v) is 5.96. The number of nitrogens with zero attached hydrogens (tertiary/aromatic N) is 2. The van der Waals surface area contributed by atoms with Gasteiger partial charge in [0.1, 0.15) is 5.56 Å². The van der Waals surface area contributed by atoms with Crippen LogP contribution in [0.5, 0.6) is 5.88 Å². The minimum Gasteiger partial charge on any atom is -0.481 e. The Balaban J connectivity index is 1.87. The van der Waals surface area contributed by atoms with Crippen molar-refractivity contribution >= 4 is 11.9 Å². The van der Waals surface area contributed by atoms with Crippen LogP contribution < -0.4 is 4.74 Å². The third-order valence-corrected chi connectivity index (χ3v) is 4.43. The molecule has 0 spiro atoms. The number of aromatic nitrogens is 1. The van der Waals surface area contributed by atoms with Gasteiger partial charge in [-0.25, -0.2) is 4.98 Å². The van der Waals surface area contributed by atoms with Crippen molar-refractivity contribution in [2.45, 2.75) is 12.8 Å². The van der Waals surface area contributed by atoms with Crippen molar-refractivity contribution in [3.05, 3.63) is 59.8 Å². The summed E-state index contributed by atoms with van der Waals surface area (Å²) in [4.78, 5) is 30.3. The Kier molecular flexibility index (Phi) is 4.97. The number of carboxylic acids is 1. The first-order valence-corrected chi connectivity index (χ1v) is 8.26. The largest absolute Gasteiger partial charge is 0.481 e. The quantitative estimate of drug-likeness (QED) is 0.904. The van der Waals surface area contributed by atoms with Crippen molar-refractivity contribution in [1.29, 1.82) is 0 Å². The van der Waals surface area contributed by atoms with Crippen LogP contribution in [0.3, 0.4) is 0 Å². The molecule has 1 aromatic heterocycles. The van der Waals surface area contributed by atoms with Crippen LogP contribution in [0, 0.1) is 5.92 Å². The van der Waals surface area contributed by atoms with Crippen molar-refractivity contribution in [3.63, 3.8) is 0 Å². The standard InChI is InChI=1S/C19H20N2O4/c1-2-25-17-14(9-6-10-20-17)18(22)21-11-15(16(12-21)19(23)24)13-7-4-3-5-8-13/h3-10,15-16H,2,11-12H2,1H3,(H,23,24). The van der Waals surface area contributed by atoms with E-state index in [2.05, 4.69) is 4.98 Å². The fourth-order valence-corrected chi connectivity index (χ4v) is 3.23. The molecule has 1 N–H and O–H groups in total. The maximum Gasteiger partial charge on any atom is 0.308 e. The number of amides is 1. The van der Waals surface area contributed by atoms with Gasteiger partial charge in [0.05, 0.1) is 12.5 Å². The smallest absolute Gasteiger partial charge is 0.308 e. The molecule has 0 radical (unpaired) electrons. The summed E-state index contributed by atoms with van der Waals surface area (Å²) in [5, 5.41) is 9.58. The fraction of sp³-hybridized carbons (Fsp3) is 0.316. The van der Waals surface area contributed by atoms with Crippen molar-refractivity contribution in [1.82, 2.24) is 9.88 Å². The van der Waals surface area contributed by atoms with E-state index in [1.165, 1.54) is 0 Å². The lowest BCUT2D eigenvalue weighted by Gasteiger charge is -2.18. The molecule has 2 heterocycles. The molecule has 130 valence electrons. The van der Waals surface area contributed by atoms with Gasteiger partial charge < -0.3 is 14.7 Å². The van der Waals surface area contributed by atoms with Gasteiger partial charge >= 0.3 is 5.97 Å². The molecular formula is C19H20N2O4. The molecule has 6 heteroatoms. The maximum atomic E-state index is 12.9. The van der Waals surface area contributed by atoms with E-state index in [4.69, 9.17) is 4.74 Å². The van der Waals surface area contributed by atoms with Crippen molar-refractivity contribution in [2.75, 3.05) is 19.7 Å². The molecule has 0 saturated carbocycles. The monoisotopic (exact) mass is 340 g/mol. The zero-order chi connectivity index (χ0) is 17.8. The van der Waals surface area contributed by atoms with Crippen LogP contribution in [-0.2, 0) is 4.79 Å². The third kappa shape index (κ3) is 3.47. The minimum absolute atomic E-state index is 0.175. The van der Waals surface area contributed by atoms with E-state index >= 15 is 0 Å². The molecule has 3 rings (SSSR count). The van der Waals surface area contributed by atoms with Gasteiger partial charge in [-0.1, -0.05) is 30.3 Å². The molecule has 2 aromatic rings. The molecular weight excluding hydrogens is 320 g/mol. The summed E-state index contributed by atoms with van der Waals surface area (Å²) >= 11 is 0. The Hall–Kier alpha value is -2.89. The molecule has 1 aliphatic rings. The summed E-state index contributed by atoms with van der Waals surface area (Å²) in [6.07, 6.45) is 1.57. The topological polar surface area (TPSA) is 79.7 Å². The molecule has 1 aromatic carbocycles. The highest BCUT2D eigenvalue weighted by Crippen LogP contribution is 2.34. The number of aliphatic carboxylic acids is 1. The van der Waals surface area contributed by atoms with E-state index < -0.39 is 11.9 Å². The number of likely N-dealkylation sites (tertiary alicyclic amines) is 1. The van der Waals surface area contributed by atoms with E-state index in [-0.39, 0.29) is 24.2 Å². The molecule has 25 heavy (non-hydrogen) atoms. The number of carbonyl (C=O) groups excluding carboxylic acids is 1. The van der Waals surface area contributed by atoms with E-state index in [1.807, 2.05) is 37.3 Å². The van der Waals surface area contributed by atoms with Crippen LogP contribution in [0.4, 0.5) is 0 Å². The number of carboxylic acid groups (broad SMARTS) is 1. The van der Waals surface area contributed by atoms with Gasteiger partial charge in [-0.3, -0.25) is 9.59 Å². The number of benzene rings is 1. The number of ether oxygens (including phenoxy) is 1. The van der Waals surface area contributed by atoms with Crippen LogP contribution in [0.25, 0.3) is 0 Å². The Morgan fingerprint density at radius 1 is 1.20 bits per heavy atom. The van der Waals surface area contributed by atoms with Crippen LogP contribution >= 0.6 is 0 Å². The number of hydrogen-bond donors (Lipinski definition) is 1. The van der Waals surface area contributed by atoms with Crippen LogP contribution in [-0.4, -0.2) is 46.6 Å². The fourth-order valence-electron chi connectivity index (χ4n) is 3.23. The lowest BCUT2D eigenvalue weighted by molar-refractivity contribution is -0.141. The summed E-state index contributed by atoms with van der Waals surface area (Å²) in [6.45, 7) is 2.76. The summed E-state index contributed by atoms with van der Waals surface area (Å²) in [5.74, 6) is -1.71. The number of carbonyl (C=O) groups is 2. The Labute approximate surface area is 146 Å². The van der Waals surface area contributed by atoms with Gasteiger partial charge in [-0.05, 0) is 24.6 Å². The molecule has 1 saturated heterocycles. The summed E-state index contributed by atoms with van der Waals surface area (Å²) < 4.78 is 5.43. The molecule has 0 bridgehead atoms. The highest BCUT2D eigenvalue weighted by atomic mass is 16.5. The first-order chi connectivity index (χ1) is 12.1. The number of hydrogen-bond acceptors (Lipinski definition) is 4. The summed E-state index contributed by atoms with van der Waals surface area (Å²) in [6, 6.07) is 12.8. The summed E-state index contributed by atoms with van der Waals surface area (Å²) in [5.41, 5.74) is 1.30. The molecule has 1 fully saturated rings. The van der Waals surface area contributed by atoms with Gasteiger partial charge in [0, 0.05) is 25.2 Å². The average molecular weight is 340 g/mol. The molecule has 1 amide bonds. The van der Waals surface area contributed by atoms with E-state index in [1.54, 1.807) is 23.2 Å². The molecule has 1 aliphatic heterocycles. The zero-order valence-electron chi connectivity index (χ0n) is 14.0. The maximum absolute atomic E-state index is 12.9. The Morgan fingerprint density at radius 3 is 2.64 bits per heavy atom. The Bertz CT molecular complexity index is 763. The van der Waals surface area contributed by atoms with E-state index in [0.29, 0.717) is 18.7 Å². The first kappa shape index (κ1) is 17.0. The molecule has 2 atom stereocenters. The second-order valence-electron chi connectivity index (χ2n) is 5.96. The van der Waals surface area contributed by atoms with Gasteiger partial charge in [-0.2, -0.15) is 0 Å².